The van der Waals surface area contributed by atoms with Crippen LogP contribution in [0.25, 0.3) is 0 Å². The van der Waals surface area contributed by atoms with Crippen LogP contribution in [0.5, 0.6) is 0 Å². The van der Waals surface area contributed by atoms with Crippen molar-refractivity contribution in [3.8, 4) is 0 Å². The van der Waals surface area contributed by atoms with Gasteiger partial charge in [0.05, 0.1) is 37.9 Å². The lowest BCUT2D eigenvalue weighted by molar-refractivity contribution is -0.125. The van der Waals surface area contributed by atoms with Crippen LogP contribution < -0.4 is 11.1 Å². The molecule has 4 atom stereocenters. The summed E-state index contributed by atoms with van der Waals surface area (Å²) in [6.45, 7) is 4.07. The van der Waals surface area contributed by atoms with E-state index in [2.05, 4.69) is 19.2 Å². The molecule has 0 fully saturated rings. The molecule has 0 spiro atoms. The number of amides is 1. The van der Waals surface area contributed by atoms with Gasteiger partial charge in [-0.1, -0.05) is 213 Å². The van der Waals surface area contributed by atoms with Gasteiger partial charge in [0.25, 0.3) is 0 Å². The Kier molecular flexibility index (Phi) is 39.3. The number of nitrogens with one attached hydrogen (secondary N) is 1. The zero-order valence-corrected chi connectivity index (χ0v) is 35.8. The average molecular weight is 777 g/mol. The van der Waals surface area contributed by atoms with E-state index in [0.717, 1.165) is 38.5 Å². The summed E-state index contributed by atoms with van der Waals surface area (Å²) in [6.07, 6.45) is 38.6. The molecule has 6 N–H and O–H groups in total. The van der Waals surface area contributed by atoms with Crippen LogP contribution in [0.15, 0.2) is 0 Å². The third-order valence-electron chi connectivity index (χ3n) is 10.5. The predicted molar refractivity (Wildman–Crippen MR) is 223 cm³/mol. The van der Waals surface area contributed by atoms with E-state index in [9.17, 15) is 24.5 Å². The summed E-state index contributed by atoms with van der Waals surface area (Å²) in [5, 5.41) is 24.2. The number of rotatable bonds is 43. The van der Waals surface area contributed by atoms with Crippen LogP contribution >= 0.6 is 7.82 Å². The van der Waals surface area contributed by atoms with Crippen LogP contribution in [-0.4, -0.2) is 59.0 Å². The maximum atomic E-state index is 12.8. The van der Waals surface area contributed by atoms with Crippen molar-refractivity contribution in [2.24, 2.45) is 5.73 Å². The predicted octanol–water partition coefficient (Wildman–Crippen LogP) is 11.6. The summed E-state index contributed by atoms with van der Waals surface area (Å²) in [7, 11) is -4.37. The second-order valence-electron chi connectivity index (χ2n) is 15.8. The number of aliphatic hydroxyl groups excluding tert-OH is 2. The lowest BCUT2D eigenvalue weighted by Gasteiger charge is -2.25. The Balaban J connectivity index is 4.21. The van der Waals surface area contributed by atoms with Gasteiger partial charge in [0.1, 0.15) is 0 Å². The molecule has 0 aromatic heterocycles. The molecule has 0 rings (SSSR count). The van der Waals surface area contributed by atoms with Crippen molar-refractivity contribution < 1.29 is 33.5 Å². The first kappa shape index (κ1) is 52.5. The van der Waals surface area contributed by atoms with Crippen LogP contribution in [0.1, 0.15) is 232 Å². The monoisotopic (exact) mass is 777 g/mol. The van der Waals surface area contributed by atoms with Gasteiger partial charge in [0.15, 0.2) is 0 Å². The fourth-order valence-electron chi connectivity index (χ4n) is 7.06. The van der Waals surface area contributed by atoms with Crippen molar-refractivity contribution in [1.29, 1.82) is 0 Å². The molecule has 9 nitrogen and oxygen atoms in total. The first-order chi connectivity index (χ1) is 25.8. The molecule has 0 aromatic rings. The molecule has 0 aliphatic heterocycles. The van der Waals surface area contributed by atoms with Gasteiger partial charge in [0, 0.05) is 6.54 Å². The molecule has 0 aliphatic rings. The first-order valence-electron chi connectivity index (χ1n) is 22.7. The minimum atomic E-state index is -4.37. The molecule has 0 heterocycles. The fraction of sp³-hybridized carbons (Fsp3) is 0.977. The lowest BCUT2D eigenvalue weighted by Crippen LogP contribution is -2.47. The number of unbranched alkanes of at least 4 members (excludes halogenated alkanes) is 29. The summed E-state index contributed by atoms with van der Waals surface area (Å²) in [4.78, 5) is 22.8. The number of nitrogens with two attached hydrogens (primary N) is 1. The molecule has 10 heteroatoms. The summed E-state index contributed by atoms with van der Waals surface area (Å²) in [5.41, 5.74) is 5.37. The van der Waals surface area contributed by atoms with E-state index < -0.39 is 32.0 Å². The zero-order chi connectivity index (χ0) is 39.1. The molecular weight excluding hydrogens is 687 g/mol. The van der Waals surface area contributed by atoms with Crippen molar-refractivity contribution in [2.45, 2.75) is 250 Å². The molecular formula is C43H89N2O7P. The second-order valence-corrected chi connectivity index (χ2v) is 17.3. The van der Waals surface area contributed by atoms with E-state index in [0.29, 0.717) is 12.8 Å². The minimum Gasteiger partial charge on any atom is -0.393 e. The average Bonchev–Trinajstić information content (AvgIpc) is 3.13. The van der Waals surface area contributed by atoms with E-state index in [-0.39, 0.29) is 26.2 Å². The largest absolute Gasteiger partial charge is 0.472 e. The van der Waals surface area contributed by atoms with Crippen LogP contribution in [0, 0.1) is 0 Å². The number of phosphoric acid groups is 1. The Morgan fingerprint density at radius 3 is 1.26 bits per heavy atom. The third kappa shape index (κ3) is 38.1. The van der Waals surface area contributed by atoms with Crippen molar-refractivity contribution in [2.75, 3.05) is 19.8 Å². The standard InChI is InChI=1S/C43H89N2O7P/c1-3-5-7-9-11-13-15-17-18-19-20-21-23-25-27-29-31-33-35-42(47)41(39-52-53(49,50)51-37-36-44)45-43(48)38-40(46)34-32-30-28-26-24-22-16-14-12-10-8-6-4-2/h40-42,46-47H,3-39,44H2,1-2H3,(H,45,48)(H,49,50). The maximum absolute atomic E-state index is 12.8. The van der Waals surface area contributed by atoms with Gasteiger partial charge in [-0.25, -0.2) is 4.57 Å². The van der Waals surface area contributed by atoms with Crippen LogP contribution in [0.2, 0.25) is 0 Å². The highest BCUT2D eigenvalue weighted by Crippen LogP contribution is 2.43. The van der Waals surface area contributed by atoms with Gasteiger partial charge in [-0.05, 0) is 12.8 Å². The van der Waals surface area contributed by atoms with Crippen LogP contribution in [0.3, 0.4) is 0 Å². The van der Waals surface area contributed by atoms with Crippen LogP contribution in [-0.2, 0) is 18.4 Å². The van der Waals surface area contributed by atoms with E-state index in [4.69, 9.17) is 14.8 Å². The summed E-state index contributed by atoms with van der Waals surface area (Å²) in [5.74, 6) is -0.409. The van der Waals surface area contributed by atoms with Gasteiger partial charge < -0.3 is 26.2 Å². The Morgan fingerprint density at radius 1 is 0.566 bits per heavy atom. The molecule has 0 saturated carbocycles. The molecule has 0 aromatic carbocycles. The lowest BCUT2D eigenvalue weighted by atomic mass is 10.0. The smallest absolute Gasteiger partial charge is 0.393 e. The Labute approximate surface area is 327 Å². The molecule has 4 unspecified atom stereocenters. The normalized spacial score (nSPS) is 14.6. The summed E-state index contributed by atoms with van der Waals surface area (Å²) >= 11 is 0. The highest BCUT2D eigenvalue weighted by molar-refractivity contribution is 7.47. The number of hydrogen-bond donors (Lipinski definition) is 5. The van der Waals surface area contributed by atoms with Crippen molar-refractivity contribution in [3.63, 3.8) is 0 Å². The Hall–Kier alpha value is -0.540. The number of hydrogen-bond acceptors (Lipinski definition) is 7. The highest BCUT2D eigenvalue weighted by atomic mass is 31.2. The highest BCUT2D eigenvalue weighted by Gasteiger charge is 2.28. The second kappa shape index (κ2) is 39.7. The molecule has 318 valence electrons. The van der Waals surface area contributed by atoms with E-state index in [1.165, 1.54) is 161 Å². The molecule has 0 saturated heterocycles. The summed E-state index contributed by atoms with van der Waals surface area (Å²) < 4.78 is 22.2. The number of carbonyl (C=O) groups is 1. The van der Waals surface area contributed by atoms with Crippen molar-refractivity contribution in [1.82, 2.24) is 5.32 Å². The topological polar surface area (TPSA) is 151 Å². The van der Waals surface area contributed by atoms with Gasteiger partial charge in [0.2, 0.25) is 5.91 Å². The number of phosphoric ester groups is 1. The van der Waals surface area contributed by atoms with E-state index in [1.54, 1.807) is 0 Å². The van der Waals surface area contributed by atoms with E-state index >= 15 is 0 Å². The SMILES string of the molecule is CCCCCCCCCCCCCCCCCCCCC(O)C(COP(=O)(O)OCCN)NC(=O)CC(O)CCCCCCCCCCCCCCC. The fourth-order valence-corrected chi connectivity index (χ4v) is 7.82. The quantitative estimate of drug-likeness (QED) is 0.0303. The minimum absolute atomic E-state index is 0.0627. The third-order valence-corrected chi connectivity index (χ3v) is 11.5. The number of carbonyl (C=O) groups excluding carboxylic acids is 1. The zero-order valence-electron chi connectivity index (χ0n) is 34.9. The molecule has 0 radical (unpaired) electrons. The Morgan fingerprint density at radius 2 is 0.906 bits per heavy atom. The molecule has 0 bridgehead atoms. The van der Waals surface area contributed by atoms with Crippen LogP contribution in [0.4, 0.5) is 0 Å². The van der Waals surface area contributed by atoms with Gasteiger partial charge in [-0.3, -0.25) is 13.8 Å². The van der Waals surface area contributed by atoms with Gasteiger partial charge in [-0.15, -0.1) is 0 Å². The van der Waals surface area contributed by atoms with E-state index in [1.807, 2.05) is 0 Å². The van der Waals surface area contributed by atoms with Crippen molar-refractivity contribution in [3.05, 3.63) is 0 Å². The number of aliphatic hydroxyl groups is 2. The molecule has 1 amide bonds. The maximum Gasteiger partial charge on any atom is 0.472 e. The first-order valence-corrected chi connectivity index (χ1v) is 24.2. The van der Waals surface area contributed by atoms with Gasteiger partial charge in [-0.2, -0.15) is 0 Å². The Bertz CT molecular complexity index is 822. The van der Waals surface area contributed by atoms with Crippen molar-refractivity contribution >= 4 is 13.7 Å². The molecule has 0 aliphatic carbocycles. The molecule has 53 heavy (non-hydrogen) atoms. The van der Waals surface area contributed by atoms with Gasteiger partial charge >= 0.3 is 7.82 Å². The summed E-state index contributed by atoms with van der Waals surface area (Å²) in [6, 6.07) is -0.890.